The zero-order chi connectivity index (χ0) is 22.7. The third kappa shape index (κ3) is 4.06. The molecule has 162 valence electrons. The van der Waals surface area contributed by atoms with E-state index in [0.717, 1.165) is 11.3 Å². The number of hydrogen-bond acceptors (Lipinski definition) is 7. The van der Waals surface area contributed by atoms with Crippen molar-refractivity contribution in [1.29, 1.82) is 0 Å². The number of methoxy groups -OCH3 is 2. The molecular weight excluding hydrogens is 412 g/mol. The number of ether oxygens (including phenoxy) is 2. The van der Waals surface area contributed by atoms with Crippen molar-refractivity contribution in [3.05, 3.63) is 66.7 Å². The van der Waals surface area contributed by atoms with Crippen LogP contribution in [0.2, 0.25) is 0 Å². The molecule has 10 heteroatoms. The number of aromatic nitrogens is 4. The summed E-state index contributed by atoms with van der Waals surface area (Å²) in [4.78, 5) is 38.7. The fourth-order valence-corrected chi connectivity index (χ4v) is 3.13. The van der Waals surface area contributed by atoms with E-state index in [4.69, 9.17) is 4.74 Å². The molecule has 0 atom stereocenters. The molecule has 0 aliphatic carbocycles. The lowest BCUT2D eigenvalue weighted by atomic mass is 10.2. The predicted octanol–water partition coefficient (Wildman–Crippen LogP) is 3.25. The van der Waals surface area contributed by atoms with Gasteiger partial charge in [0.15, 0.2) is 0 Å². The molecule has 0 aromatic carbocycles. The van der Waals surface area contributed by atoms with Gasteiger partial charge in [0.05, 0.1) is 37.4 Å². The highest BCUT2D eigenvalue weighted by molar-refractivity contribution is 6.05. The van der Waals surface area contributed by atoms with Crippen molar-refractivity contribution in [2.75, 3.05) is 31.5 Å². The number of anilines is 2. The number of pyridine rings is 3. The van der Waals surface area contributed by atoms with Crippen molar-refractivity contribution in [3.63, 3.8) is 0 Å². The summed E-state index contributed by atoms with van der Waals surface area (Å²) in [6, 6.07) is 10.4. The van der Waals surface area contributed by atoms with Crippen LogP contribution in [0, 0.1) is 0 Å². The minimum Gasteiger partial charge on any atom is -0.481 e. The van der Waals surface area contributed by atoms with Gasteiger partial charge in [0.25, 0.3) is 5.91 Å². The summed E-state index contributed by atoms with van der Waals surface area (Å²) in [5.74, 6) is 0.586. The molecule has 0 fully saturated rings. The van der Waals surface area contributed by atoms with Gasteiger partial charge >= 0.3 is 6.09 Å². The minimum atomic E-state index is -0.598. The first-order valence-corrected chi connectivity index (χ1v) is 9.57. The molecule has 10 nitrogen and oxygen atoms in total. The maximum Gasteiger partial charge on any atom is 0.412 e. The first-order valence-electron chi connectivity index (χ1n) is 9.57. The average Bonchev–Trinajstić information content (AvgIpc) is 3.26. The topological polar surface area (TPSA) is 111 Å². The van der Waals surface area contributed by atoms with Gasteiger partial charge in [-0.25, -0.2) is 19.7 Å². The summed E-state index contributed by atoms with van der Waals surface area (Å²) < 4.78 is 11.5. The van der Waals surface area contributed by atoms with Crippen molar-refractivity contribution in [2.24, 2.45) is 0 Å². The molecule has 0 unspecified atom stereocenters. The number of nitrogens with one attached hydrogen (secondary N) is 1. The second kappa shape index (κ2) is 8.72. The van der Waals surface area contributed by atoms with Crippen molar-refractivity contribution in [2.45, 2.75) is 0 Å². The number of rotatable bonds is 5. The average molecular weight is 432 g/mol. The zero-order valence-corrected chi connectivity index (χ0v) is 17.6. The van der Waals surface area contributed by atoms with Crippen LogP contribution in [-0.4, -0.2) is 52.6 Å². The maximum atomic E-state index is 13.1. The first kappa shape index (κ1) is 20.8. The lowest BCUT2D eigenvalue weighted by Gasteiger charge is -2.18. The molecular formula is C22H20N6O4. The SMILES string of the molecule is COC(=O)Nc1ccc(-c2cnc3ccc(C(=O)N(C)c4ccnc(OC)c4)cn23)cn1. The van der Waals surface area contributed by atoms with Crippen LogP contribution in [0.15, 0.2) is 61.2 Å². The van der Waals surface area contributed by atoms with Crippen LogP contribution in [-0.2, 0) is 4.74 Å². The van der Waals surface area contributed by atoms with E-state index in [2.05, 4.69) is 25.0 Å². The van der Waals surface area contributed by atoms with Gasteiger partial charge < -0.3 is 14.4 Å². The third-order valence-electron chi connectivity index (χ3n) is 4.85. The number of amides is 2. The molecule has 0 radical (unpaired) electrons. The Morgan fingerprint density at radius 3 is 2.59 bits per heavy atom. The molecule has 4 heterocycles. The van der Waals surface area contributed by atoms with Crippen LogP contribution >= 0.6 is 0 Å². The lowest BCUT2D eigenvalue weighted by molar-refractivity contribution is 0.0992. The van der Waals surface area contributed by atoms with Crippen LogP contribution in [0.3, 0.4) is 0 Å². The molecule has 4 aromatic heterocycles. The van der Waals surface area contributed by atoms with Gasteiger partial charge in [-0.3, -0.25) is 14.5 Å². The lowest BCUT2D eigenvalue weighted by Crippen LogP contribution is -2.26. The van der Waals surface area contributed by atoms with Crippen molar-refractivity contribution < 1.29 is 19.1 Å². The Hall–Kier alpha value is -4.47. The van der Waals surface area contributed by atoms with E-state index in [9.17, 15) is 9.59 Å². The molecule has 4 aromatic rings. The Kier molecular flexibility index (Phi) is 5.67. The summed E-state index contributed by atoms with van der Waals surface area (Å²) in [7, 11) is 4.49. The number of carbonyl (C=O) groups excluding carboxylic acids is 2. The summed E-state index contributed by atoms with van der Waals surface area (Å²) in [6.07, 6.45) is 6.03. The highest BCUT2D eigenvalue weighted by Gasteiger charge is 2.16. The first-order chi connectivity index (χ1) is 15.5. The van der Waals surface area contributed by atoms with Crippen LogP contribution < -0.4 is 15.0 Å². The molecule has 0 bridgehead atoms. The quantitative estimate of drug-likeness (QED) is 0.515. The van der Waals surface area contributed by atoms with Crippen LogP contribution in [0.1, 0.15) is 10.4 Å². The van der Waals surface area contributed by atoms with Crippen LogP contribution in [0.4, 0.5) is 16.3 Å². The molecule has 0 saturated carbocycles. The molecule has 0 saturated heterocycles. The molecule has 2 amide bonds. The van der Waals surface area contributed by atoms with Gasteiger partial charge in [-0.2, -0.15) is 0 Å². The monoisotopic (exact) mass is 432 g/mol. The summed E-state index contributed by atoms with van der Waals surface area (Å²) in [6.45, 7) is 0. The van der Waals surface area contributed by atoms with Crippen molar-refractivity contribution in [3.8, 4) is 17.1 Å². The molecule has 4 rings (SSSR count). The van der Waals surface area contributed by atoms with E-state index < -0.39 is 6.09 Å². The molecule has 1 N–H and O–H groups in total. The standard InChI is InChI=1S/C22H20N6O4/c1-27(16-8-9-23-20(10-16)31-2)21(29)15-5-7-19-25-12-17(28(19)13-15)14-4-6-18(24-11-14)26-22(30)32-3/h4-13H,1-3H3,(H,24,26,30). The van der Waals surface area contributed by atoms with Crippen molar-refractivity contribution in [1.82, 2.24) is 19.4 Å². The highest BCUT2D eigenvalue weighted by Crippen LogP contribution is 2.23. The number of hydrogen-bond donors (Lipinski definition) is 1. The van der Waals surface area contributed by atoms with E-state index in [-0.39, 0.29) is 5.91 Å². The Morgan fingerprint density at radius 1 is 1.03 bits per heavy atom. The molecule has 32 heavy (non-hydrogen) atoms. The molecule has 0 aliphatic heterocycles. The summed E-state index contributed by atoms with van der Waals surface area (Å²) in [5, 5.41) is 2.50. The summed E-state index contributed by atoms with van der Waals surface area (Å²) in [5.41, 5.74) is 3.34. The fraction of sp³-hybridized carbons (Fsp3) is 0.136. The Labute approximate surface area is 183 Å². The van der Waals surface area contributed by atoms with Crippen LogP contribution in [0.25, 0.3) is 16.9 Å². The van der Waals surface area contributed by atoms with Crippen LogP contribution in [0.5, 0.6) is 5.88 Å². The zero-order valence-electron chi connectivity index (χ0n) is 17.6. The van der Waals surface area contributed by atoms with Gasteiger partial charge in [0, 0.05) is 37.3 Å². The van der Waals surface area contributed by atoms with E-state index in [1.54, 1.807) is 68.2 Å². The van der Waals surface area contributed by atoms with Gasteiger partial charge in [0.2, 0.25) is 5.88 Å². The minimum absolute atomic E-state index is 0.199. The fourth-order valence-electron chi connectivity index (χ4n) is 3.13. The van der Waals surface area contributed by atoms with Gasteiger partial charge in [-0.05, 0) is 30.3 Å². The highest BCUT2D eigenvalue weighted by atomic mass is 16.5. The smallest absolute Gasteiger partial charge is 0.412 e. The number of nitrogens with zero attached hydrogens (tertiary/aromatic N) is 5. The van der Waals surface area contributed by atoms with Gasteiger partial charge in [-0.1, -0.05) is 0 Å². The molecule has 0 aliphatic rings. The second-order valence-electron chi connectivity index (χ2n) is 6.76. The Balaban J connectivity index is 1.64. The van der Waals surface area contributed by atoms with E-state index in [1.165, 1.54) is 19.1 Å². The number of carbonyl (C=O) groups is 2. The third-order valence-corrected chi connectivity index (χ3v) is 4.85. The van der Waals surface area contributed by atoms with Gasteiger partial charge in [-0.15, -0.1) is 0 Å². The maximum absolute atomic E-state index is 13.1. The number of fused-ring (bicyclic) bond motifs is 1. The second-order valence-corrected chi connectivity index (χ2v) is 6.76. The van der Waals surface area contributed by atoms with Crippen molar-refractivity contribution >= 4 is 29.2 Å². The number of imidazole rings is 1. The van der Waals surface area contributed by atoms with E-state index in [0.29, 0.717) is 28.6 Å². The largest absolute Gasteiger partial charge is 0.481 e. The predicted molar refractivity (Wildman–Crippen MR) is 118 cm³/mol. The van der Waals surface area contributed by atoms with E-state index >= 15 is 0 Å². The Morgan fingerprint density at radius 2 is 1.88 bits per heavy atom. The van der Waals surface area contributed by atoms with Gasteiger partial charge in [0.1, 0.15) is 11.5 Å². The molecule has 0 spiro atoms. The normalized spacial score (nSPS) is 10.6. The Bertz CT molecular complexity index is 1290. The van der Waals surface area contributed by atoms with E-state index in [1.807, 2.05) is 4.40 Å². The summed E-state index contributed by atoms with van der Waals surface area (Å²) >= 11 is 0.